The number of nitrogens with zero attached hydrogens (tertiary/aromatic N) is 1. The Morgan fingerprint density at radius 1 is 1.40 bits per heavy atom. The quantitative estimate of drug-likeness (QED) is 0.853. The highest BCUT2D eigenvalue weighted by Gasteiger charge is 2.20. The highest BCUT2D eigenvalue weighted by molar-refractivity contribution is 5.78. The third kappa shape index (κ3) is 4.62. The molecule has 0 bridgehead atoms. The first-order chi connectivity index (χ1) is 9.67. The standard InChI is InChI=1S/C16H24N2O2/c1-13-4-6-14(7-5-13)9-17-16(20)11-18-8-2-3-15(10-18)12-19/h4-7,15,19H,2-3,8-12H2,1H3,(H,17,20). The second-order valence-electron chi connectivity index (χ2n) is 5.69. The number of nitrogens with one attached hydrogen (secondary N) is 1. The van der Waals surface area contributed by atoms with Gasteiger partial charge in [-0.1, -0.05) is 29.8 Å². The number of carbonyl (C=O) groups excluding carboxylic acids is 1. The summed E-state index contributed by atoms with van der Waals surface area (Å²) >= 11 is 0. The summed E-state index contributed by atoms with van der Waals surface area (Å²) < 4.78 is 0. The van der Waals surface area contributed by atoms with E-state index in [1.807, 2.05) is 12.1 Å². The van der Waals surface area contributed by atoms with Crippen LogP contribution in [0.2, 0.25) is 0 Å². The number of carbonyl (C=O) groups is 1. The first kappa shape index (κ1) is 15.0. The molecule has 0 saturated carbocycles. The third-order valence-corrected chi connectivity index (χ3v) is 3.84. The molecule has 1 aliphatic rings. The van der Waals surface area contributed by atoms with Gasteiger partial charge in [-0.05, 0) is 37.8 Å². The first-order valence-electron chi connectivity index (χ1n) is 7.33. The summed E-state index contributed by atoms with van der Waals surface area (Å²) in [6, 6.07) is 8.19. The van der Waals surface area contributed by atoms with Crippen LogP contribution in [0, 0.1) is 12.8 Å². The zero-order valence-corrected chi connectivity index (χ0v) is 12.1. The van der Waals surface area contributed by atoms with E-state index in [0.717, 1.165) is 31.5 Å². The van der Waals surface area contributed by atoms with Crippen LogP contribution in [0.25, 0.3) is 0 Å². The van der Waals surface area contributed by atoms with Crippen LogP contribution in [-0.4, -0.2) is 42.2 Å². The Labute approximate surface area is 120 Å². The maximum atomic E-state index is 11.9. The Balaban J connectivity index is 1.73. The Kier molecular flexibility index (Phi) is 5.56. The van der Waals surface area contributed by atoms with Crippen LogP contribution in [0.15, 0.2) is 24.3 Å². The van der Waals surface area contributed by atoms with Crippen molar-refractivity contribution in [2.75, 3.05) is 26.2 Å². The monoisotopic (exact) mass is 276 g/mol. The summed E-state index contributed by atoms with van der Waals surface area (Å²) in [7, 11) is 0. The number of amides is 1. The summed E-state index contributed by atoms with van der Waals surface area (Å²) in [4.78, 5) is 14.1. The molecule has 1 heterocycles. The molecule has 0 radical (unpaired) electrons. The van der Waals surface area contributed by atoms with E-state index in [9.17, 15) is 9.90 Å². The van der Waals surface area contributed by atoms with Gasteiger partial charge in [0.1, 0.15) is 0 Å². The van der Waals surface area contributed by atoms with E-state index in [1.54, 1.807) is 0 Å². The predicted octanol–water partition coefficient (Wildman–Crippen LogP) is 1.32. The summed E-state index contributed by atoms with van der Waals surface area (Å²) in [6.45, 7) is 5.07. The molecular formula is C16H24N2O2. The van der Waals surface area contributed by atoms with Crippen LogP contribution in [0.4, 0.5) is 0 Å². The van der Waals surface area contributed by atoms with Crippen LogP contribution in [-0.2, 0) is 11.3 Å². The Hall–Kier alpha value is -1.39. The van der Waals surface area contributed by atoms with E-state index in [2.05, 4.69) is 29.3 Å². The third-order valence-electron chi connectivity index (χ3n) is 3.84. The van der Waals surface area contributed by atoms with Gasteiger partial charge in [-0.25, -0.2) is 0 Å². The van der Waals surface area contributed by atoms with Gasteiger partial charge in [0.2, 0.25) is 5.91 Å². The lowest BCUT2D eigenvalue weighted by molar-refractivity contribution is -0.122. The molecule has 1 amide bonds. The zero-order valence-electron chi connectivity index (χ0n) is 12.1. The second-order valence-corrected chi connectivity index (χ2v) is 5.69. The fourth-order valence-corrected chi connectivity index (χ4v) is 2.61. The minimum absolute atomic E-state index is 0.0594. The van der Waals surface area contributed by atoms with Gasteiger partial charge in [-0.15, -0.1) is 0 Å². The number of benzene rings is 1. The maximum Gasteiger partial charge on any atom is 0.234 e. The average Bonchev–Trinajstić information content (AvgIpc) is 2.47. The first-order valence-corrected chi connectivity index (χ1v) is 7.33. The number of rotatable bonds is 5. The summed E-state index contributed by atoms with van der Waals surface area (Å²) in [5.41, 5.74) is 2.35. The molecule has 0 aliphatic carbocycles. The summed E-state index contributed by atoms with van der Waals surface area (Å²) in [5, 5.41) is 12.1. The largest absolute Gasteiger partial charge is 0.396 e. The normalized spacial score (nSPS) is 19.8. The van der Waals surface area contributed by atoms with E-state index in [4.69, 9.17) is 0 Å². The molecule has 20 heavy (non-hydrogen) atoms. The molecule has 2 rings (SSSR count). The van der Waals surface area contributed by atoms with Crippen LogP contribution in [0.5, 0.6) is 0 Å². The topological polar surface area (TPSA) is 52.6 Å². The lowest BCUT2D eigenvalue weighted by atomic mass is 9.99. The molecule has 110 valence electrons. The molecule has 1 saturated heterocycles. The number of aryl methyl sites for hydroxylation is 1. The van der Waals surface area contributed by atoms with Gasteiger partial charge in [0, 0.05) is 19.7 Å². The fraction of sp³-hybridized carbons (Fsp3) is 0.562. The SMILES string of the molecule is Cc1ccc(CNC(=O)CN2CCCC(CO)C2)cc1. The van der Waals surface area contributed by atoms with Gasteiger partial charge in [-0.3, -0.25) is 9.69 Å². The fourth-order valence-electron chi connectivity index (χ4n) is 2.61. The predicted molar refractivity (Wildman–Crippen MR) is 79.3 cm³/mol. The van der Waals surface area contributed by atoms with Gasteiger partial charge in [0.05, 0.1) is 6.54 Å². The second kappa shape index (κ2) is 7.41. The lowest BCUT2D eigenvalue weighted by Gasteiger charge is -2.31. The lowest BCUT2D eigenvalue weighted by Crippen LogP contribution is -2.43. The molecule has 1 fully saturated rings. The molecule has 4 heteroatoms. The summed E-state index contributed by atoms with van der Waals surface area (Å²) in [5.74, 6) is 0.387. The van der Waals surface area contributed by atoms with Crippen molar-refractivity contribution in [2.45, 2.75) is 26.3 Å². The van der Waals surface area contributed by atoms with Gasteiger partial charge >= 0.3 is 0 Å². The van der Waals surface area contributed by atoms with E-state index in [0.29, 0.717) is 19.0 Å². The van der Waals surface area contributed by atoms with Crippen LogP contribution in [0.1, 0.15) is 24.0 Å². The van der Waals surface area contributed by atoms with Crippen molar-refractivity contribution in [1.29, 1.82) is 0 Å². The van der Waals surface area contributed by atoms with E-state index >= 15 is 0 Å². The van der Waals surface area contributed by atoms with Gasteiger partial charge in [0.15, 0.2) is 0 Å². The number of hydrogen-bond acceptors (Lipinski definition) is 3. The molecule has 0 spiro atoms. The molecular weight excluding hydrogens is 252 g/mol. The molecule has 2 N–H and O–H groups in total. The van der Waals surface area contributed by atoms with Crippen molar-refractivity contribution in [3.8, 4) is 0 Å². The molecule has 0 aromatic heterocycles. The summed E-state index contributed by atoms with van der Waals surface area (Å²) in [6.07, 6.45) is 2.13. The number of aliphatic hydroxyl groups is 1. The molecule has 1 aromatic carbocycles. The van der Waals surface area contributed by atoms with Crippen molar-refractivity contribution in [3.63, 3.8) is 0 Å². The number of aliphatic hydroxyl groups excluding tert-OH is 1. The minimum atomic E-state index is 0.0594. The highest BCUT2D eigenvalue weighted by atomic mass is 16.3. The van der Waals surface area contributed by atoms with E-state index in [-0.39, 0.29) is 12.5 Å². The number of piperidine rings is 1. The van der Waals surface area contributed by atoms with Gasteiger partial charge in [0.25, 0.3) is 0 Å². The van der Waals surface area contributed by atoms with Crippen LogP contribution < -0.4 is 5.32 Å². The van der Waals surface area contributed by atoms with Crippen molar-refractivity contribution in [1.82, 2.24) is 10.2 Å². The van der Waals surface area contributed by atoms with Crippen molar-refractivity contribution < 1.29 is 9.90 Å². The van der Waals surface area contributed by atoms with Crippen LogP contribution in [0.3, 0.4) is 0 Å². The molecule has 1 unspecified atom stereocenters. The Morgan fingerprint density at radius 2 is 2.15 bits per heavy atom. The van der Waals surface area contributed by atoms with Crippen LogP contribution >= 0.6 is 0 Å². The van der Waals surface area contributed by atoms with Crippen molar-refractivity contribution in [3.05, 3.63) is 35.4 Å². The maximum absolute atomic E-state index is 11.9. The number of likely N-dealkylation sites (tertiary alicyclic amines) is 1. The van der Waals surface area contributed by atoms with Gasteiger partial charge < -0.3 is 10.4 Å². The molecule has 4 nitrogen and oxygen atoms in total. The Bertz CT molecular complexity index is 431. The van der Waals surface area contributed by atoms with Crippen molar-refractivity contribution >= 4 is 5.91 Å². The van der Waals surface area contributed by atoms with E-state index < -0.39 is 0 Å². The highest BCUT2D eigenvalue weighted by Crippen LogP contribution is 2.15. The van der Waals surface area contributed by atoms with Gasteiger partial charge in [-0.2, -0.15) is 0 Å². The molecule has 1 aromatic rings. The zero-order chi connectivity index (χ0) is 14.4. The van der Waals surface area contributed by atoms with E-state index in [1.165, 1.54) is 5.56 Å². The molecule has 1 atom stereocenters. The number of hydrogen-bond donors (Lipinski definition) is 2. The van der Waals surface area contributed by atoms with Crippen molar-refractivity contribution in [2.24, 2.45) is 5.92 Å². The average molecular weight is 276 g/mol. The minimum Gasteiger partial charge on any atom is -0.396 e. The molecule has 1 aliphatic heterocycles. The Morgan fingerprint density at radius 3 is 2.85 bits per heavy atom. The smallest absolute Gasteiger partial charge is 0.234 e.